The minimum absolute atomic E-state index is 0.0554. The monoisotopic (exact) mass is 683 g/mol. The van der Waals surface area contributed by atoms with Crippen molar-refractivity contribution < 1.29 is 43.6 Å². The van der Waals surface area contributed by atoms with Crippen molar-refractivity contribution in [1.29, 1.82) is 0 Å². The van der Waals surface area contributed by atoms with E-state index in [-0.39, 0.29) is 36.4 Å². The van der Waals surface area contributed by atoms with Gasteiger partial charge in [0, 0.05) is 43.9 Å². The highest BCUT2D eigenvalue weighted by atomic mass is 16.7. The lowest BCUT2D eigenvalue weighted by atomic mass is 9.74. The number of nitrogens with zero attached hydrogens (tertiary/aromatic N) is 2. The summed E-state index contributed by atoms with van der Waals surface area (Å²) in [5.74, 6) is -4.09. The van der Waals surface area contributed by atoms with Crippen molar-refractivity contribution in [3.05, 3.63) is 0 Å². The Balaban J connectivity index is 2.11. The SMILES string of the molecule is CC[C@H]1OC(=O)C(C)C(=O)[C@H](C)[C@@H](OC2CC(N(C)CC)CC(C)O2)[C@](C)(OC)C[C@@H](C)/C(=N\O[C@@H]2CCCNC2)C(C)C(O)[C@]1(C)O. The van der Waals surface area contributed by atoms with Crippen molar-refractivity contribution in [2.45, 2.75) is 155 Å². The molecule has 0 saturated carbocycles. The number of ether oxygens (including phenoxy) is 4. The predicted octanol–water partition coefficient (Wildman–Crippen LogP) is 3.70. The van der Waals surface area contributed by atoms with Crippen molar-refractivity contribution in [1.82, 2.24) is 10.2 Å². The lowest BCUT2D eigenvalue weighted by Crippen LogP contribution is -2.58. The average molecular weight is 684 g/mol. The molecule has 0 aromatic heterocycles. The number of esters is 1. The maximum atomic E-state index is 14.1. The van der Waals surface area contributed by atoms with Gasteiger partial charge in [0.25, 0.3) is 0 Å². The molecule has 12 nitrogen and oxygen atoms in total. The summed E-state index contributed by atoms with van der Waals surface area (Å²) in [6.07, 6.45) is -0.195. The standard InChI is InChI=1S/C36H65N3O9/c1-12-28-36(9,43)32(41)23(5)30(38-48-27-15-14-16-37-20-27)21(3)19-35(8,44-11)33(24(6)31(40)25(7)34(42)46-28)47-29-18-26(39(10)13-2)17-22(4)45-29/h21-29,32-33,37,41,43H,12-20H2,1-11H3/b38-30+/t21-,22?,23?,24+,25?,26?,27-,28-,29?,32?,33-,35-,36-/m1/s1. The third kappa shape index (κ3) is 9.56. The fraction of sp³-hybridized carbons (Fsp3) is 0.917. The van der Waals surface area contributed by atoms with E-state index in [2.05, 4.69) is 29.3 Å². The topological polar surface area (TPSA) is 148 Å². The summed E-state index contributed by atoms with van der Waals surface area (Å²) >= 11 is 0. The van der Waals surface area contributed by atoms with Gasteiger partial charge in [-0.05, 0) is 79.9 Å². The number of carbonyl (C=O) groups is 2. The highest BCUT2D eigenvalue weighted by Crippen LogP contribution is 2.38. The van der Waals surface area contributed by atoms with Gasteiger partial charge in [0.15, 0.2) is 12.1 Å². The van der Waals surface area contributed by atoms with Crippen LogP contribution in [0.5, 0.6) is 0 Å². The Hall–Kier alpha value is -1.67. The minimum atomic E-state index is -1.84. The number of nitrogens with one attached hydrogen (secondary N) is 1. The molecule has 3 aliphatic rings. The van der Waals surface area contributed by atoms with Crippen molar-refractivity contribution in [2.24, 2.45) is 28.8 Å². The van der Waals surface area contributed by atoms with Gasteiger partial charge in [-0.25, -0.2) is 0 Å². The van der Waals surface area contributed by atoms with Crippen LogP contribution >= 0.6 is 0 Å². The fourth-order valence-corrected chi connectivity index (χ4v) is 7.80. The van der Waals surface area contributed by atoms with Gasteiger partial charge in [-0.1, -0.05) is 39.8 Å². The second-order valence-electron chi connectivity index (χ2n) is 15.0. The normalized spacial score (nSPS) is 43.5. The number of aliphatic hydroxyl groups excluding tert-OH is 1. The molecule has 0 aliphatic carbocycles. The summed E-state index contributed by atoms with van der Waals surface area (Å²) in [7, 11) is 3.68. The quantitative estimate of drug-likeness (QED) is 0.195. The molecule has 0 aromatic rings. The number of oxime groups is 1. The van der Waals surface area contributed by atoms with Gasteiger partial charge in [-0.3, -0.25) is 9.59 Å². The number of rotatable bonds is 8. The van der Waals surface area contributed by atoms with Crippen LogP contribution in [0, 0.1) is 23.7 Å². The summed E-state index contributed by atoms with van der Waals surface area (Å²) in [6, 6.07) is 0.237. The number of Topliss-reactive ketones (excluding diaryl/α,β-unsaturated/α-hetero) is 1. The molecule has 48 heavy (non-hydrogen) atoms. The summed E-state index contributed by atoms with van der Waals surface area (Å²) < 4.78 is 25.2. The van der Waals surface area contributed by atoms with Crippen LogP contribution in [0.3, 0.4) is 0 Å². The maximum Gasteiger partial charge on any atom is 0.316 e. The number of piperidine rings is 1. The molecule has 13 atom stereocenters. The first kappa shape index (κ1) is 40.8. The number of hydrogen-bond donors (Lipinski definition) is 3. The van der Waals surface area contributed by atoms with E-state index in [1.807, 2.05) is 20.8 Å². The minimum Gasteiger partial charge on any atom is -0.459 e. The lowest BCUT2D eigenvalue weighted by Gasteiger charge is -2.46. The van der Waals surface area contributed by atoms with E-state index in [0.29, 0.717) is 25.1 Å². The van der Waals surface area contributed by atoms with E-state index in [9.17, 15) is 19.8 Å². The van der Waals surface area contributed by atoms with Crippen LogP contribution in [-0.4, -0.2) is 120 Å². The van der Waals surface area contributed by atoms with Crippen molar-refractivity contribution >= 4 is 17.5 Å². The van der Waals surface area contributed by atoms with E-state index in [1.54, 1.807) is 27.9 Å². The van der Waals surface area contributed by atoms with Gasteiger partial charge in [0.05, 0.1) is 29.6 Å². The first-order chi connectivity index (χ1) is 22.5. The number of methoxy groups -OCH3 is 1. The Morgan fingerprint density at radius 3 is 2.35 bits per heavy atom. The molecule has 0 bridgehead atoms. The van der Waals surface area contributed by atoms with E-state index in [4.69, 9.17) is 23.8 Å². The summed E-state index contributed by atoms with van der Waals surface area (Å²) in [4.78, 5) is 36.0. The van der Waals surface area contributed by atoms with Gasteiger partial charge >= 0.3 is 5.97 Å². The number of aliphatic hydroxyl groups is 2. The third-order valence-corrected chi connectivity index (χ3v) is 11.2. The van der Waals surface area contributed by atoms with Crippen LogP contribution in [0.2, 0.25) is 0 Å². The number of ketones is 1. The van der Waals surface area contributed by atoms with Crippen LogP contribution < -0.4 is 5.32 Å². The Morgan fingerprint density at radius 1 is 1.08 bits per heavy atom. The smallest absolute Gasteiger partial charge is 0.316 e. The second kappa shape index (κ2) is 17.5. The Bertz CT molecular complexity index is 1080. The molecule has 0 aromatic carbocycles. The van der Waals surface area contributed by atoms with Crippen molar-refractivity contribution in [3.63, 3.8) is 0 Å². The lowest BCUT2D eigenvalue weighted by molar-refractivity contribution is -0.262. The average Bonchev–Trinajstić information content (AvgIpc) is 3.07. The van der Waals surface area contributed by atoms with E-state index < -0.39 is 59.5 Å². The Morgan fingerprint density at radius 2 is 1.77 bits per heavy atom. The maximum absolute atomic E-state index is 14.1. The van der Waals surface area contributed by atoms with Gasteiger partial charge < -0.3 is 44.2 Å². The van der Waals surface area contributed by atoms with E-state index >= 15 is 0 Å². The molecule has 3 aliphatic heterocycles. The molecule has 3 rings (SSSR count). The van der Waals surface area contributed by atoms with Crippen LogP contribution in [0.15, 0.2) is 5.16 Å². The molecule has 12 heteroatoms. The Labute approximate surface area is 288 Å². The molecule has 3 fully saturated rings. The first-order valence-electron chi connectivity index (χ1n) is 18.2. The van der Waals surface area contributed by atoms with Gasteiger partial charge in [0.2, 0.25) is 0 Å². The number of carbonyl (C=O) groups excluding carboxylic acids is 2. The van der Waals surface area contributed by atoms with Crippen LogP contribution in [0.4, 0.5) is 0 Å². The Kier molecular flexibility index (Phi) is 14.9. The first-order valence-corrected chi connectivity index (χ1v) is 18.2. The van der Waals surface area contributed by atoms with E-state index in [1.165, 1.54) is 13.8 Å². The van der Waals surface area contributed by atoms with Gasteiger partial charge in [-0.2, -0.15) is 0 Å². The zero-order valence-corrected chi connectivity index (χ0v) is 31.4. The molecule has 278 valence electrons. The van der Waals surface area contributed by atoms with Gasteiger partial charge in [-0.15, -0.1) is 0 Å². The van der Waals surface area contributed by atoms with Crippen LogP contribution in [0.25, 0.3) is 0 Å². The fourth-order valence-electron chi connectivity index (χ4n) is 7.80. The zero-order valence-electron chi connectivity index (χ0n) is 31.4. The number of hydrogen-bond acceptors (Lipinski definition) is 12. The highest BCUT2D eigenvalue weighted by molar-refractivity contribution is 6.00. The van der Waals surface area contributed by atoms with E-state index in [0.717, 1.165) is 32.4 Å². The van der Waals surface area contributed by atoms with Crippen molar-refractivity contribution in [2.75, 3.05) is 33.8 Å². The molecule has 0 spiro atoms. The summed E-state index contributed by atoms with van der Waals surface area (Å²) in [6.45, 7) is 18.8. The molecular weight excluding hydrogens is 618 g/mol. The summed E-state index contributed by atoms with van der Waals surface area (Å²) in [5, 5.41) is 31.4. The van der Waals surface area contributed by atoms with Crippen molar-refractivity contribution in [3.8, 4) is 0 Å². The molecule has 6 unspecified atom stereocenters. The number of cyclic esters (lactones) is 1. The van der Waals surface area contributed by atoms with Crippen LogP contribution in [0.1, 0.15) is 101 Å². The molecule has 3 N–H and O–H groups in total. The largest absolute Gasteiger partial charge is 0.459 e. The molecule has 3 heterocycles. The predicted molar refractivity (Wildman–Crippen MR) is 183 cm³/mol. The molecule has 3 saturated heterocycles. The molecular formula is C36H65N3O9. The zero-order chi connectivity index (χ0) is 36.0. The van der Waals surface area contributed by atoms with Crippen LogP contribution in [-0.2, 0) is 33.4 Å². The van der Waals surface area contributed by atoms with Gasteiger partial charge in [0.1, 0.15) is 23.7 Å². The molecule has 0 amide bonds. The second-order valence-corrected chi connectivity index (χ2v) is 15.0. The third-order valence-electron chi connectivity index (χ3n) is 11.2. The molecule has 0 radical (unpaired) electrons. The summed E-state index contributed by atoms with van der Waals surface area (Å²) in [5.41, 5.74) is -2.37. The highest BCUT2D eigenvalue weighted by Gasteiger charge is 2.50.